The number of rotatable bonds is 2. The Balaban J connectivity index is 1.79. The van der Waals surface area contributed by atoms with Crippen molar-refractivity contribution in [3.63, 3.8) is 0 Å². The largest absolute Gasteiger partial charge is 0.302 e. The number of nitrogens with zero attached hydrogens (tertiary/aromatic N) is 2. The summed E-state index contributed by atoms with van der Waals surface area (Å²) in [7, 11) is 0. The smallest absolute Gasteiger partial charge is 0.0125 e. The van der Waals surface area contributed by atoms with E-state index in [4.69, 9.17) is 0 Å². The third kappa shape index (κ3) is 2.43. The zero-order valence-electron chi connectivity index (χ0n) is 11.6. The second kappa shape index (κ2) is 4.30. The monoisotopic (exact) mass is 224 g/mol. The van der Waals surface area contributed by atoms with E-state index in [9.17, 15) is 0 Å². The van der Waals surface area contributed by atoms with E-state index in [1.54, 1.807) is 0 Å². The Morgan fingerprint density at radius 1 is 1.06 bits per heavy atom. The summed E-state index contributed by atoms with van der Waals surface area (Å²) in [5, 5.41) is 0. The molecule has 0 unspecified atom stereocenters. The van der Waals surface area contributed by atoms with Gasteiger partial charge in [-0.3, -0.25) is 4.90 Å². The Labute approximate surface area is 101 Å². The highest BCUT2D eigenvalue weighted by Crippen LogP contribution is 2.41. The molecule has 1 spiro atoms. The molecule has 0 N–H and O–H groups in total. The molecular weight excluding hydrogens is 196 g/mol. The van der Waals surface area contributed by atoms with Crippen molar-refractivity contribution in [3.05, 3.63) is 0 Å². The van der Waals surface area contributed by atoms with Crippen LogP contribution in [-0.4, -0.2) is 48.1 Å². The summed E-state index contributed by atoms with van der Waals surface area (Å²) in [4.78, 5) is 5.29. The molecule has 0 aliphatic carbocycles. The van der Waals surface area contributed by atoms with Gasteiger partial charge in [0.1, 0.15) is 0 Å². The zero-order valence-corrected chi connectivity index (χ0v) is 11.6. The van der Waals surface area contributed by atoms with Gasteiger partial charge in [-0.2, -0.15) is 0 Å². The van der Waals surface area contributed by atoms with Gasteiger partial charge in [0.2, 0.25) is 0 Å². The van der Waals surface area contributed by atoms with Crippen LogP contribution in [0.1, 0.15) is 47.0 Å². The Hall–Kier alpha value is -0.0800. The van der Waals surface area contributed by atoms with E-state index in [1.807, 2.05) is 0 Å². The van der Waals surface area contributed by atoms with Crippen molar-refractivity contribution in [1.29, 1.82) is 0 Å². The van der Waals surface area contributed by atoms with Gasteiger partial charge in [-0.25, -0.2) is 0 Å². The summed E-state index contributed by atoms with van der Waals surface area (Å²) in [6.45, 7) is 16.0. The normalized spacial score (nSPS) is 27.0. The van der Waals surface area contributed by atoms with Crippen molar-refractivity contribution >= 4 is 0 Å². The van der Waals surface area contributed by atoms with E-state index in [0.717, 1.165) is 0 Å². The first-order valence-corrected chi connectivity index (χ1v) is 6.93. The fraction of sp³-hybridized carbons (Fsp3) is 1.00. The van der Waals surface area contributed by atoms with E-state index < -0.39 is 0 Å². The summed E-state index contributed by atoms with van der Waals surface area (Å²) in [5.41, 5.74) is 1.07. The molecule has 0 saturated carbocycles. The van der Waals surface area contributed by atoms with Gasteiger partial charge in [0.15, 0.2) is 0 Å². The lowest BCUT2D eigenvalue weighted by atomic mass is 9.71. The molecule has 2 heterocycles. The summed E-state index contributed by atoms with van der Waals surface area (Å²) in [6.07, 6.45) is 4.15. The Morgan fingerprint density at radius 2 is 1.62 bits per heavy atom. The highest BCUT2D eigenvalue weighted by Gasteiger charge is 2.45. The van der Waals surface area contributed by atoms with E-state index in [1.165, 1.54) is 52.0 Å². The number of likely N-dealkylation sites (tertiary alicyclic amines) is 2. The van der Waals surface area contributed by atoms with Gasteiger partial charge >= 0.3 is 0 Å². The Kier molecular flexibility index (Phi) is 3.33. The van der Waals surface area contributed by atoms with Crippen LogP contribution in [0.2, 0.25) is 0 Å². The van der Waals surface area contributed by atoms with Gasteiger partial charge in [-0.15, -0.1) is 0 Å². The highest BCUT2D eigenvalue weighted by atomic mass is 15.2. The molecule has 2 fully saturated rings. The van der Waals surface area contributed by atoms with Crippen LogP contribution in [0.25, 0.3) is 0 Å². The van der Waals surface area contributed by atoms with Crippen molar-refractivity contribution in [1.82, 2.24) is 9.80 Å². The van der Waals surface area contributed by atoms with Crippen LogP contribution in [0.3, 0.4) is 0 Å². The zero-order chi connectivity index (χ0) is 11.8. The third-order valence-corrected chi connectivity index (χ3v) is 4.43. The van der Waals surface area contributed by atoms with E-state index in [-0.39, 0.29) is 0 Å². The van der Waals surface area contributed by atoms with E-state index >= 15 is 0 Å². The van der Waals surface area contributed by atoms with Crippen LogP contribution in [-0.2, 0) is 0 Å². The maximum Gasteiger partial charge on any atom is 0.0125 e. The molecule has 0 aromatic heterocycles. The molecule has 0 aromatic rings. The summed E-state index contributed by atoms with van der Waals surface area (Å²) >= 11 is 0. The van der Waals surface area contributed by atoms with Crippen LogP contribution in [0, 0.1) is 5.41 Å². The quantitative estimate of drug-likeness (QED) is 0.711. The minimum Gasteiger partial charge on any atom is -0.302 e. The molecule has 94 valence electrons. The first kappa shape index (κ1) is 12.4. The second-order valence-corrected chi connectivity index (χ2v) is 6.87. The van der Waals surface area contributed by atoms with Gasteiger partial charge in [-0.05, 0) is 65.1 Å². The van der Waals surface area contributed by atoms with Gasteiger partial charge in [-0.1, -0.05) is 6.92 Å². The summed E-state index contributed by atoms with van der Waals surface area (Å²) in [6, 6.07) is 0. The molecule has 0 atom stereocenters. The van der Waals surface area contributed by atoms with Crippen LogP contribution >= 0.6 is 0 Å². The van der Waals surface area contributed by atoms with Gasteiger partial charge in [0.05, 0.1) is 0 Å². The lowest BCUT2D eigenvalue weighted by Crippen LogP contribution is -2.61. The first-order valence-electron chi connectivity index (χ1n) is 6.93. The lowest BCUT2D eigenvalue weighted by Gasteiger charge is -2.55. The molecular formula is C14H28N2. The van der Waals surface area contributed by atoms with E-state index in [2.05, 4.69) is 37.5 Å². The van der Waals surface area contributed by atoms with Gasteiger partial charge in [0.25, 0.3) is 0 Å². The molecule has 2 rings (SSSR count). The molecule has 0 amide bonds. The van der Waals surface area contributed by atoms with Gasteiger partial charge in [0, 0.05) is 18.6 Å². The number of piperidine rings is 1. The first-order chi connectivity index (χ1) is 7.45. The second-order valence-electron chi connectivity index (χ2n) is 6.87. The van der Waals surface area contributed by atoms with Crippen molar-refractivity contribution in [3.8, 4) is 0 Å². The molecule has 2 heteroatoms. The van der Waals surface area contributed by atoms with Crippen molar-refractivity contribution in [2.24, 2.45) is 5.41 Å². The molecule has 2 nitrogen and oxygen atoms in total. The number of hydrogen-bond acceptors (Lipinski definition) is 2. The SMILES string of the molecule is CCCN1CC2(CCN(C(C)(C)C)CC2)C1. The summed E-state index contributed by atoms with van der Waals surface area (Å²) < 4.78 is 0. The fourth-order valence-corrected chi connectivity index (χ4v) is 3.34. The lowest BCUT2D eigenvalue weighted by molar-refractivity contribution is -0.0613. The minimum atomic E-state index is 0.370. The van der Waals surface area contributed by atoms with Crippen LogP contribution in [0.15, 0.2) is 0 Å². The number of hydrogen-bond donors (Lipinski definition) is 0. The summed E-state index contributed by atoms with van der Waals surface area (Å²) in [5.74, 6) is 0. The average Bonchev–Trinajstić information content (AvgIpc) is 2.15. The van der Waals surface area contributed by atoms with Crippen molar-refractivity contribution < 1.29 is 0 Å². The molecule has 2 aliphatic heterocycles. The predicted molar refractivity (Wildman–Crippen MR) is 69.7 cm³/mol. The van der Waals surface area contributed by atoms with Crippen molar-refractivity contribution in [2.45, 2.75) is 52.5 Å². The Bertz CT molecular complexity index is 226. The Morgan fingerprint density at radius 3 is 2.06 bits per heavy atom. The maximum absolute atomic E-state index is 2.65. The fourth-order valence-electron chi connectivity index (χ4n) is 3.34. The minimum absolute atomic E-state index is 0.370. The van der Waals surface area contributed by atoms with E-state index in [0.29, 0.717) is 11.0 Å². The molecule has 2 aliphatic rings. The molecule has 2 saturated heterocycles. The molecule has 16 heavy (non-hydrogen) atoms. The predicted octanol–water partition coefficient (Wildman–Crippen LogP) is 2.59. The molecule has 0 radical (unpaired) electrons. The standard InChI is InChI=1S/C14H28N2/c1-5-8-15-11-14(12-15)6-9-16(10-7-14)13(2,3)4/h5-12H2,1-4H3. The average molecular weight is 224 g/mol. The third-order valence-electron chi connectivity index (χ3n) is 4.43. The van der Waals surface area contributed by atoms with Crippen molar-refractivity contribution in [2.75, 3.05) is 32.7 Å². The molecule has 0 bridgehead atoms. The topological polar surface area (TPSA) is 6.48 Å². The van der Waals surface area contributed by atoms with Crippen LogP contribution in [0.4, 0.5) is 0 Å². The van der Waals surface area contributed by atoms with Gasteiger partial charge < -0.3 is 4.90 Å². The van der Waals surface area contributed by atoms with Crippen LogP contribution < -0.4 is 0 Å². The van der Waals surface area contributed by atoms with Crippen LogP contribution in [0.5, 0.6) is 0 Å². The maximum atomic E-state index is 2.65. The molecule has 0 aromatic carbocycles. The highest BCUT2D eigenvalue weighted by molar-refractivity contribution is 4.99.